The number of hydrogen-bond donors (Lipinski definition) is 1. The first kappa shape index (κ1) is 20.9. The van der Waals surface area contributed by atoms with E-state index in [0.29, 0.717) is 12.3 Å². The number of carbonyl (C=O) groups is 1. The van der Waals surface area contributed by atoms with E-state index in [2.05, 4.69) is 46.1 Å². The van der Waals surface area contributed by atoms with Crippen molar-refractivity contribution in [2.45, 2.75) is 31.5 Å². The lowest BCUT2D eigenvalue weighted by atomic mass is 10.1. The van der Waals surface area contributed by atoms with Crippen LogP contribution in [0, 0.1) is 0 Å². The standard InChI is InChI=1S/C22H26N4O2S/c1-16(2)26-21(18-9-11-19(28-3)12-10-18)24-25-22(26)29-15-20(27)23-14-13-17-7-5-4-6-8-17/h4-12,16H,13-15H2,1-3H3,(H,23,27). The molecule has 0 saturated carbocycles. The highest BCUT2D eigenvalue weighted by Gasteiger charge is 2.17. The highest BCUT2D eigenvalue weighted by molar-refractivity contribution is 7.99. The van der Waals surface area contributed by atoms with E-state index in [1.54, 1.807) is 7.11 Å². The molecule has 6 nitrogen and oxygen atoms in total. The molecule has 1 N–H and O–H groups in total. The fraction of sp³-hybridized carbons (Fsp3) is 0.318. The van der Waals surface area contributed by atoms with Gasteiger partial charge in [0.05, 0.1) is 12.9 Å². The summed E-state index contributed by atoms with van der Waals surface area (Å²) < 4.78 is 7.28. The lowest BCUT2D eigenvalue weighted by molar-refractivity contribution is -0.118. The summed E-state index contributed by atoms with van der Waals surface area (Å²) in [5.41, 5.74) is 2.18. The molecule has 0 fully saturated rings. The van der Waals surface area contributed by atoms with Crippen molar-refractivity contribution in [1.82, 2.24) is 20.1 Å². The molecule has 7 heteroatoms. The Labute approximate surface area is 175 Å². The van der Waals surface area contributed by atoms with Crippen LogP contribution in [0.25, 0.3) is 11.4 Å². The van der Waals surface area contributed by atoms with Crippen LogP contribution in [0.15, 0.2) is 59.8 Å². The molecular formula is C22H26N4O2S. The molecular weight excluding hydrogens is 384 g/mol. The van der Waals surface area contributed by atoms with Gasteiger partial charge in [0.15, 0.2) is 11.0 Å². The van der Waals surface area contributed by atoms with E-state index in [4.69, 9.17) is 4.74 Å². The molecule has 0 saturated heterocycles. The molecule has 3 aromatic rings. The van der Waals surface area contributed by atoms with Crippen molar-refractivity contribution in [1.29, 1.82) is 0 Å². The van der Waals surface area contributed by atoms with Gasteiger partial charge in [-0.25, -0.2) is 0 Å². The molecule has 0 atom stereocenters. The minimum Gasteiger partial charge on any atom is -0.497 e. The van der Waals surface area contributed by atoms with Crippen LogP contribution in [0.2, 0.25) is 0 Å². The molecule has 1 aromatic heterocycles. The number of amides is 1. The number of ether oxygens (including phenoxy) is 1. The minimum atomic E-state index is -0.00441. The fourth-order valence-electron chi connectivity index (χ4n) is 2.95. The Bertz CT molecular complexity index is 924. The van der Waals surface area contributed by atoms with Crippen molar-refractivity contribution in [3.8, 4) is 17.1 Å². The second-order valence-electron chi connectivity index (χ2n) is 6.87. The van der Waals surface area contributed by atoms with Crippen LogP contribution in [0.3, 0.4) is 0 Å². The molecule has 0 spiro atoms. The quantitative estimate of drug-likeness (QED) is 0.540. The molecule has 0 aliphatic carbocycles. The minimum absolute atomic E-state index is 0.00441. The molecule has 0 bridgehead atoms. The molecule has 3 rings (SSSR count). The predicted octanol–water partition coefficient (Wildman–Crippen LogP) is 3.99. The van der Waals surface area contributed by atoms with Gasteiger partial charge in [0.1, 0.15) is 5.75 Å². The van der Waals surface area contributed by atoms with Crippen LogP contribution in [0.1, 0.15) is 25.5 Å². The summed E-state index contributed by atoms with van der Waals surface area (Å²) in [5.74, 6) is 1.89. The summed E-state index contributed by atoms with van der Waals surface area (Å²) in [5, 5.41) is 12.4. The van der Waals surface area contributed by atoms with Gasteiger partial charge in [0, 0.05) is 18.2 Å². The van der Waals surface area contributed by atoms with Crippen molar-refractivity contribution in [2.24, 2.45) is 0 Å². The first-order chi connectivity index (χ1) is 14.1. The van der Waals surface area contributed by atoms with Crippen LogP contribution in [0.4, 0.5) is 0 Å². The summed E-state index contributed by atoms with van der Waals surface area (Å²) in [6.07, 6.45) is 0.820. The Balaban J connectivity index is 1.60. The number of methoxy groups -OCH3 is 1. The smallest absolute Gasteiger partial charge is 0.230 e. The summed E-state index contributed by atoms with van der Waals surface area (Å²) in [6.45, 7) is 4.79. The van der Waals surface area contributed by atoms with Gasteiger partial charge >= 0.3 is 0 Å². The van der Waals surface area contributed by atoms with Gasteiger partial charge in [0.2, 0.25) is 5.91 Å². The van der Waals surface area contributed by atoms with E-state index in [-0.39, 0.29) is 11.9 Å². The van der Waals surface area contributed by atoms with Crippen LogP contribution in [-0.2, 0) is 11.2 Å². The van der Waals surface area contributed by atoms with Gasteiger partial charge in [-0.1, -0.05) is 42.1 Å². The molecule has 2 aromatic carbocycles. The van der Waals surface area contributed by atoms with Gasteiger partial charge in [-0.3, -0.25) is 9.36 Å². The summed E-state index contributed by atoms with van der Waals surface area (Å²) >= 11 is 1.41. The third kappa shape index (κ3) is 5.60. The fourth-order valence-corrected chi connectivity index (χ4v) is 3.85. The number of aromatic nitrogens is 3. The Morgan fingerprint density at radius 2 is 1.83 bits per heavy atom. The molecule has 0 radical (unpaired) electrons. The number of nitrogens with one attached hydrogen (secondary N) is 1. The number of benzene rings is 2. The van der Waals surface area contributed by atoms with E-state index < -0.39 is 0 Å². The number of carbonyl (C=O) groups excluding carboxylic acids is 1. The Morgan fingerprint density at radius 1 is 1.10 bits per heavy atom. The van der Waals surface area contributed by atoms with E-state index in [9.17, 15) is 4.79 Å². The van der Waals surface area contributed by atoms with Crippen LogP contribution in [0.5, 0.6) is 5.75 Å². The van der Waals surface area contributed by atoms with Gasteiger partial charge in [-0.05, 0) is 50.1 Å². The van der Waals surface area contributed by atoms with E-state index in [1.807, 2.05) is 42.5 Å². The average molecular weight is 411 g/mol. The van der Waals surface area contributed by atoms with Crippen LogP contribution in [-0.4, -0.2) is 40.1 Å². The largest absolute Gasteiger partial charge is 0.497 e. The Morgan fingerprint density at radius 3 is 2.48 bits per heavy atom. The highest BCUT2D eigenvalue weighted by Crippen LogP contribution is 2.28. The molecule has 0 aliphatic heterocycles. The molecule has 0 aliphatic rings. The van der Waals surface area contributed by atoms with Gasteiger partial charge < -0.3 is 10.1 Å². The van der Waals surface area contributed by atoms with Gasteiger partial charge in [-0.2, -0.15) is 0 Å². The van der Waals surface area contributed by atoms with Crippen molar-refractivity contribution in [2.75, 3.05) is 19.4 Å². The maximum atomic E-state index is 12.2. The third-order valence-corrected chi connectivity index (χ3v) is 5.38. The SMILES string of the molecule is COc1ccc(-c2nnc(SCC(=O)NCCc3ccccc3)n2C(C)C)cc1. The van der Waals surface area contributed by atoms with Crippen LogP contribution >= 0.6 is 11.8 Å². The predicted molar refractivity (Wildman–Crippen MR) is 116 cm³/mol. The lowest BCUT2D eigenvalue weighted by Gasteiger charge is -2.14. The third-order valence-electron chi connectivity index (χ3n) is 4.44. The summed E-state index contributed by atoms with van der Waals surface area (Å²) in [6, 6.07) is 18.0. The summed E-state index contributed by atoms with van der Waals surface area (Å²) in [7, 11) is 1.64. The monoisotopic (exact) mass is 410 g/mol. The second kappa shape index (κ2) is 10.1. The molecule has 1 heterocycles. The summed E-state index contributed by atoms with van der Waals surface area (Å²) in [4.78, 5) is 12.2. The normalized spacial score (nSPS) is 10.9. The molecule has 0 unspecified atom stereocenters. The number of hydrogen-bond acceptors (Lipinski definition) is 5. The van der Waals surface area contributed by atoms with Crippen molar-refractivity contribution < 1.29 is 9.53 Å². The lowest BCUT2D eigenvalue weighted by Crippen LogP contribution is -2.27. The van der Waals surface area contributed by atoms with Crippen LogP contribution < -0.4 is 10.1 Å². The van der Waals surface area contributed by atoms with Crippen molar-refractivity contribution in [3.05, 3.63) is 60.2 Å². The van der Waals surface area contributed by atoms with Crippen molar-refractivity contribution >= 4 is 17.7 Å². The molecule has 152 valence electrons. The zero-order valence-electron chi connectivity index (χ0n) is 17.0. The van der Waals surface area contributed by atoms with Gasteiger partial charge in [-0.15, -0.1) is 10.2 Å². The zero-order chi connectivity index (χ0) is 20.6. The van der Waals surface area contributed by atoms with E-state index in [0.717, 1.165) is 28.7 Å². The van der Waals surface area contributed by atoms with E-state index >= 15 is 0 Å². The average Bonchev–Trinajstić information content (AvgIpc) is 3.17. The van der Waals surface area contributed by atoms with Crippen molar-refractivity contribution in [3.63, 3.8) is 0 Å². The topological polar surface area (TPSA) is 69.0 Å². The maximum Gasteiger partial charge on any atom is 0.230 e. The first-order valence-electron chi connectivity index (χ1n) is 9.61. The molecule has 29 heavy (non-hydrogen) atoms. The second-order valence-corrected chi connectivity index (χ2v) is 7.82. The number of nitrogens with zero attached hydrogens (tertiary/aromatic N) is 3. The Hall–Kier alpha value is -2.80. The maximum absolute atomic E-state index is 12.2. The number of thioether (sulfide) groups is 1. The number of rotatable bonds is 9. The highest BCUT2D eigenvalue weighted by atomic mass is 32.2. The zero-order valence-corrected chi connectivity index (χ0v) is 17.8. The molecule has 1 amide bonds. The first-order valence-corrected chi connectivity index (χ1v) is 10.6. The Kier molecular flexibility index (Phi) is 7.30. The van der Waals surface area contributed by atoms with Gasteiger partial charge in [0.25, 0.3) is 0 Å². The van der Waals surface area contributed by atoms with E-state index in [1.165, 1.54) is 17.3 Å².